The lowest BCUT2D eigenvalue weighted by Gasteiger charge is -2.45. The van der Waals surface area contributed by atoms with Gasteiger partial charge in [0.1, 0.15) is 0 Å². The molecule has 3 fully saturated rings. The second-order valence-corrected chi connectivity index (χ2v) is 6.63. The maximum absolute atomic E-state index is 4.50. The van der Waals surface area contributed by atoms with Crippen molar-refractivity contribution in [3.8, 4) is 0 Å². The zero-order valence-electron chi connectivity index (χ0n) is 11.0. The Kier molecular flexibility index (Phi) is 3.02. The van der Waals surface area contributed by atoms with E-state index >= 15 is 0 Å². The molecule has 1 aromatic carbocycles. The van der Waals surface area contributed by atoms with Crippen molar-refractivity contribution in [3.63, 3.8) is 0 Å². The first-order valence-electron chi connectivity index (χ1n) is 7.17. The molecule has 4 heterocycles. The van der Waals surface area contributed by atoms with E-state index in [1.165, 1.54) is 48.3 Å². The minimum atomic E-state index is 0.677. The van der Waals surface area contributed by atoms with Crippen molar-refractivity contribution in [3.05, 3.63) is 29.3 Å². The van der Waals surface area contributed by atoms with Crippen molar-refractivity contribution >= 4 is 21.6 Å². The quantitative estimate of drug-likeness (QED) is 0.931. The second kappa shape index (κ2) is 4.85. The van der Waals surface area contributed by atoms with Gasteiger partial charge in [-0.05, 0) is 43.5 Å². The number of hydrogen-bond acceptors (Lipinski definition) is 4. The largest absolute Gasteiger partial charge is 0.308 e. The number of para-hydroxylation sites is 1. The van der Waals surface area contributed by atoms with Gasteiger partial charge in [0.05, 0.1) is 15.7 Å². The molecule has 0 saturated carbocycles. The number of aromatic nitrogens is 1. The van der Waals surface area contributed by atoms with Crippen LogP contribution in [0.4, 0.5) is 0 Å². The molecule has 0 radical (unpaired) electrons. The Bertz CT molecular complexity index is 572. The van der Waals surface area contributed by atoms with E-state index in [1.54, 1.807) is 11.3 Å². The van der Waals surface area contributed by atoms with Crippen LogP contribution in [0.25, 0.3) is 10.2 Å². The van der Waals surface area contributed by atoms with E-state index < -0.39 is 0 Å². The lowest BCUT2D eigenvalue weighted by Crippen LogP contribution is -2.55. The molecule has 1 aromatic heterocycles. The normalized spacial score (nSPS) is 30.0. The molecule has 0 amide bonds. The zero-order chi connectivity index (χ0) is 12.7. The number of piperidine rings is 3. The molecular weight excluding hydrogens is 254 g/mol. The standard InChI is InChI=1S/C15H19N3S/c1-2-12(15-14(3-1)19-10-17-15)8-16-13-9-18-6-4-11(13)5-7-18/h1-3,10-11,13,16H,4-9H2/t13-/m0/s1. The Morgan fingerprint density at radius 2 is 2.21 bits per heavy atom. The van der Waals surface area contributed by atoms with Crippen LogP contribution < -0.4 is 5.32 Å². The molecule has 4 heteroatoms. The van der Waals surface area contributed by atoms with Crippen molar-refractivity contribution in [2.75, 3.05) is 19.6 Å². The number of nitrogens with zero attached hydrogens (tertiary/aromatic N) is 2. The van der Waals surface area contributed by atoms with Gasteiger partial charge in [-0.15, -0.1) is 11.3 Å². The number of thiazole rings is 1. The Balaban J connectivity index is 1.49. The van der Waals surface area contributed by atoms with Crippen LogP contribution in [-0.2, 0) is 6.54 Å². The third-order valence-corrected chi connectivity index (χ3v) is 5.45. The summed E-state index contributed by atoms with van der Waals surface area (Å²) >= 11 is 1.73. The summed E-state index contributed by atoms with van der Waals surface area (Å²) in [6, 6.07) is 7.19. The van der Waals surface area contributed by atoms with E-state index in [9.17, 15) is 0 Å². The molecule has 1 atom stereocenters. The Morgan fingerprint density at radius 3 is 3.00 bits per heavy atom. The van der Waals surface area contributed by atoms with Crippen LogP contribution in [-0.4, -0.2) is 35.6 Å². The molecule has 3 saturated heterocycles. The molecule has 2 bridgehead atoms. The lowest BCUT2D eigenvalue weighted by atomic mass is 9.84. The third-order valence-electron chi connectivity index (χ3n) is 4.65. The van der Waals surface area contributed by atoms with Gasteiger partial charge in [0, 0.05) is 19.1 Å². The van der Waals surface area contributed by atoms with Crippen LogP contribution in [0.1, 0.15) is 18.4 Å². The second-order valence-electron chi connectivity index (χ2n) is 5.74. The molecule has 2 aromatic rings. The maximum atomic E-state index is 4.50. The number of rotatable bonds is 3. The van der Waals surface area contributed by atoms with Crippen molar-refractivity contribution in [1.29, 1.82) is 0 Å². The Hall–Kier alpha value is -0.970. The average molecular weight is 273 g/mol. The number of nitrogens with one attached hydrogen (secondary N) is 1. The summed E-state index contributed by atoms with van der Waals surface area (Å²) in [6.45, 7) is 4.81. The first-order valence-corrected chi connectivity index (χ1v) is 8.05. The summed E-state index contributed by atoms with van der Waals surface area (Å²) in [5, 5.41) is 3.77. The molecule has 0 spiro atoms. The fourth-order valence-corrected chi connectivity index (χ4v) is 4.25. The van der Waals surface area contributed by atoms with Crippen molar-refractivity contribution in [2.45, 2.75) is 25.4 Å². The summed E-state index contributed by atoms with van der Waals surface area (Å²) in [7, 11) is 0. The number of benzene rings is 1. The fourth-order valence-electron chi connectivity index (χ4n) is 3.53. The van der Waals surface area contributed by atoms with E-state index in [0.29, 0.717) is 6.04 Å². The summed E-state index contributed by atoms with van der Waals surface area (Å²) in [6.07, 6.45) is 2.75. The number of hydrogen-bond donors (Lipinski definition) is 1. The molecule has 5 rings (SSSR count). The van der Waals surface area contributed by atoms with Gasteiger partial charge in [-0.1, -0.05) is 12.1 Å². The minimum absolute atomic E-state index is 0.677. The highest BCUT2D eigenvalue weighted by atomic mass is 32.1. The molecule has 3 nitrogen and oxygen atoms in total. The lowest BCUT2D eigenvalue weighted by molar-refractivity contribution is 0.0720. The number of fused-ring (bicyclic) bond motifs is 4. The maximum Gasteiger partial charge on any atom is 0.0856 e. The van der Waals surface area contributed by atoms with Crippen molar-refractivity contribution < 1.29 is 0 Å². The van der Waals surface area contributed by atoms with Crippen LogP contribution in [0.15, 0.2) is 23.7 Å². The van der Waals surface area contributed by atoms with E-state index in [4.69, 9.17) is 0 Å². The van der Waals surface area contributed by atoms with E-state index in [-0.39, 0.29) is 0 Å². The van der Waals surface area contributed by atoms with Crippen LogP contribution in [0.5, 0.6) is 0 Å². The van der Waals surface area contributed by atoms with Crippen LogP contribution in [0.2, 0.25) is 0 Å². The fraction of sp³-hybridized carbons (Fsp3) is 0.533. The van der Waals surface area contributed by atoms with Gasteiger partial charge >= 0.3 is 0 Å². The van der Waals surface area contributed by atoms with Gasteiger partial charge in [-0.3, -0.25) is 0 Å². The Morgan fingerprint density at radius 1 is 1.32 bits per heavy atom. The van der Waals surface area contributed by atoms with Gasteiger partial charge in [0.15, 0.2) is 0 Å². The van der Waals surface area contributed by atoms with Crippen LogP contribution >= 0.6 is 11.3 Å². The molecule has 1 N–H and O–H groups in total. The average Bonchev–Trinajstić information content (AvgIpc) is 2.95. The molecule has 3 aliphatic rings. The van der Waals surface area contributed by atoms with Gasteiger partial charge in [-0.25, -0.2) is 4.98 Å². The highest BCUT2D eigenvalue weighted by Gasteiger charge is 2.33. The van der Waals surface area contributed by atoms with Gasteiger partial charge < -0.3 is 10.2 Å². The van der Waals surface area contributed by atoms with E-state index in [2.05, 4.69) is 33.4 Å². The first-order chi connectivity index (χ1) is 9.40. The Labute approximate surface area is 117 Å². The van der Waals surface area contributed by atoms with Crippen LogP contribution in [0, 0.1) is 5.92 Å². The van der Waals surface area contributed by atoms with Gasteiger partial charge in [0.25, 0.3) is 0 Å². The summed E-state index contributed by atoms with van der Waals surface area (Å²) < 4.78 is 1.30. The SMILES string of the molecule is c1cc(CN[C@H]2CN3CCC2CC3)c2ncsc2c1. The molecule has 100 valence electrons. The van der Waals surface area contributed by atoms with E-state index in [1.807, 2.05) is 5.51 Å². The van der Waals surface area contributed by atoms with Gasteiger partial charge in [-0.2, -0.15) is 0 Å². The summed E-state index contributed by atoms with van der Waals surface area (Å²) in [5.74, 6) is 0.889. The van der Waals surface area contributed by atoms with Crippen molar-refractivity contribution in [2.24, 2.45) is 5.92 Å². The summed E-state index contributed by atoms with van der Waals surface area (Å²) in [5.41, 5.74) is 4.47. The molecule has 3 aliphatic heterocycles. The zero-order valence-corrected chi connectivity index (χ0v) is 11.8. The van der Waals surface area contributed by atoms with Gasteiger partial charge in [0.2, 0.25) is 0 Å². The molecule has 0 unspecified atom stereocenters. The molecular formula is C15H19N3S. The predicted octanol–water partition coefficient (Wildman–Crippen LogP) is 2.48. The first kappa shape index (κ1) is 11.8. The smallest absolute Gasteiger partial charge is 0.0856 e. The van der Waals surface area contributed by atoms with Crippen LogP contribution in [0.3, 0.4) is 0 Å². The third kappa shape index (κ3) is 2.18. The highest BCUT2D eigenvalue weighted by Crippen LogP contribution is 2.28. The predicted molar refractivity (Wildman–Crippen MR) is 79.4 cm³/mol. The molecule has 19 heavy (non-hydrogen) atoms. The minimum Gasteiger partial charge on any atom is -0.308 e. The molecule has 0 aliphatic carbocycles. The highest BCUT2D eigenvalue weighted by molar-refractivity contribution is 7.16. The topological polar surface area (TPSA) is 28.2 Å². The van der Waals surface area contributed by atoms with E-state index in [0.717, 1.165) is 12.5 Å². The van der Waals surface area contributed by atoms with Crippen molar-refractivity contribution in [1.82, 2.24) is 15.2 Å². The summed E-state index contributed by atoms with van der Waals surface area (Å²) in [4.78, 5) is 7.10. The monoisotopic (exact) mass is 273 g/mol.